The van der Waals surface area contributed by atoms with Crippen LogP contribution in [-0.2, 0) is 9.53 Å². The highest BCUT2D eigenvalue weighted by Gasteiger charge is 2.37. The van der Waals surface area contributed by atoms with Crippen LogP contribution in [0.2, 0.25) is 0 Å². The molecule has 0 saturated carbocycles. The summed E-state index contributed by atoms with van der Waals surface area (Å²) in [6.07, 6.45) is 1.62. The van der Waals surface area contributed by atoms with Crippen molar-refractivity contribution in [1.29, 1.82) is 0 Å². The number of hydrogen-bond acceptors (Lipinski definition) is 5. The van der Waals surface area contributed by atoms with Crippen molar-refractivity contribution in [1.82, 2.24) is 4.90 Å². The number of carbonyl (C=O) groups excluding carboxylic acids is 3. The molecular formula is C21H19FN2O5. The Hall–Kier alpha value is -3.26. The number of benzene rings is 2. The zero-order valence-corrected chi connectivity index (χ0v) is 15.5. The number of nitrogens with zero attached hydrogens (tertiary/aromatic N) is 1. The van der Waals surface area contributed by atoms with Crippen molar-refractivity contribution < 1.29 is 28.2 Å². The second-order valence-corrected chi connectivity index (χ2v) is 6.91. The maximum atomic E-state index is 12.9. The lowest BCUT2D eigenvalue weighted by Gasteiger charge is -2.17. The van der Waals surface area contributed by atoms with Gasteiger partial charge in [-0.2, -0.15) is 0 Å². The predicted octanol–water partition coefficient (Wildman–Crippen LogP) is 2.62. The number of hydrogen-bond donors (Lipinski definition) is 1. The number of amides is 3. The van der Waals surface area contributed by atoms with Crippen LogP contribution in [0.1, 0.15) is 33.6 Å². The first kappa shape index (κ1) is 19.1. The number of carbonyl (C=O) groups is 3. The van der Waals surface area contributed by atoms with Crippen LogP contribution in [0.5, 0.6) is 5.75 Å². The first-order valence-corrected chi connectivity index (χ1v) is 9.31. The molecule has 4 rings (SSSR count). The molecule has 150 valence electrons. The third kappa shape index (κ3) is 4.12. The van der Waals surface area contributed by atoms with Gasteiger partial charge < -0.3 is 14.8 Å². The lowest BCUT2D eigenvalue weighted by atomic mass is 10.1. The maximum absolute atomic E-state index is 12.9. The molecule has 8 heteroatoms. The largest absolute Gasteiger partial charge is 0.484 e. The van der Waals surface area contributed by atoms with Crippen molar-refractivity contribution in [3.63, 3.8) is 0 Å². The molecule has 0 spiro atoms. The van der Waals surface area contributed by atoms with E-state index in [9.17, 15) is 18.8 Å². The van der Waals surface area contributed by atoms with Gasteiger partial charge in [0.2, 0.25) is 0 Å². The fraction of sp³-hybridized carbons (Fsp3) is 0.286. The Morgan fingerprint density at radius 2 is 1.90 bits per heavy atom. The van der Waals surface area contributed by atoms with Crippen LogP contribution in [-0.4, -0.2) is 48.5 Å². The van der Waals surface area contributed by atoms with Crippen molar-refractivity contribution in [2.24, 2.45) is 0 Å². The molecule has 1 N–H and O–H groups in total. The third-order valence-electron chi connectivity index (χ3n) is 4.85. The summed E-state index contributed by atoms with van der Waals surface area (Å²) in [4.78, 5) is 38.5. The van der Waals surface area contributed by atoms with E-state index in [4.69, 9.17) is 9.47 Å². The second-order valence-electron chi connectivity index (χ2n) is 6.91. The van der Waals surface area contributed by atoms with Crippen molar-refractivity contribution in [2.45, 2.75) is 18.9 Å². The first-order valence-electron chi connectivity index (χ1n) is 9.31. The SMILES string of the molecule is O=C(COc1ccc(F)cc1)Nc1ccc2c(c1)C(=O)N(CC1CCCO1)C2=O. The summed E-state index contributed by atoms with van der Waals surface area (Å²) in [5, 5.41) is 2.63. The summed E-state index contributed by atoms with van der Waals surface area (Å²) in [7, 11) is 0. The molecule has 1 atom stereocenters. The summed E-state index contributed by atoms with van der Waals surface area (Å²) in [5.41, 5.74) is 0.954. The molecular weight excluding hydrogens is 379 g/mol. The van der Waals surface area contributed by atoms with Crippen molar-refractivity contribution >= 4 is 23.4 Å². The monoisotopic (exact) mass is 398 g/mol. The molecule has 1 unspecified atom stereocenters. The van der Waals surface area contributed by atoms with Crippen LogP contribution in [0.4, 0.5) is 10.1 Å². The molecule has 1 saturated heterocycles. The van der Waals surface area contributed by atoms with E-state index in [1.807, 2.05) is 0 Å². The second kappa shape index (κ2) is 8.00. The van der Waals surface area contributed by atoms with E-state index in [0.717, 1.165) is 12.8 Å². The average molecular weight is 398 g/mol. The summed E-state index contributed by atoms with van der Waals surface area (Å²) >= 11 is 0. The van der Waals surface area contributed by atoms with Gasteiger partial charge >= 0.3 is 0 Å². The van der Waals surface area contributed by atoms with Crippen LogP contribution in [0.3, 0.4) is 0 Å². The Morgan fingerprint density at radius 3 is 2.62 bits per heavy atom. The van der Waals surface area contributed by atoms with Gasteiger partial charge in [-0.1, -0.05) is 0 Å². The van der Waals surface area contributed by atoms with Crippen molar-refractivity contribution in [3.05, 3.63) is 59.4 Å². The molecule has 2 aliphatic rings. The van der Waals surface area contributed by atoms with Crippen LogP contribution in [0.15, 0.2) is 42.5 Å². The number of rotatable bonds is 6. The number of imide groups is 1. The topological polar surface area (TPSA) is 84.9 Å². The molecule has 3 amide bonds. The first-order chi connectivity index (χ1) is 14.0. The van der Waals surface area contributed by atoms with E-state index in [0.29, 0.717) is 23.6 Å². The van der Waals surface area contributed by atoms with E-state index in [1.54, 1.807) is 6.07 Å². The van der Waals surface area contributed by atoms with E-state index >= 15 is 0 Å². The lowest BCUT2D eigenvalue weighted by Crippen LogP contribution is -2.36. The molecule has 0 radical (unpaired) electrons. The number of halogens is 1. The Bertz CT molecular complexity index is 954. The number of fused-ring (bicyclic) bond motifs is 1. The van der Waals surface area contributed by atoms with Gasteiger partial charge in [-0.25, -0.2) is 4.39 Å². The number of anilines is 1. The molecule has 1 fully saturated rings. The van der Waals surface area contributed by atoms with E-state index in [2.05, 4.69) is 5.32 Å². The predicted molar refractivity (Wildman–Crippen MR) is 101 cm³/mol. The molecule has 0 aromatic heterocycles. The molecule has 7 nitrogen and oxygen atoms in total. The zero-order valence-electron chi connectivity index (χ0n) is 15.5. The normalized spacial score (nSPS) is 18.1. The summed E-state index contributed by atoms with van der Waals surface area (Å²) in [5.74, 6) is -1.21. The third-order valence-corrected chi connectivity index (χ3v) is 4.85. The lowest BCUT2D eigenvalue weighted by molar-refractivity contribution is -0.118. The van der Waals surface area contributed by atoms with Gasteiger partial charge in [-0.05, 0) is 55.3 Å². The van der Waals surface area contributed by atoms with Gasteiger partial charge in [0.25, 0.3) is 17.7 Å². The van der Waals surface area contributed by atoms with Crippen LogP contribution in [0.25, 0.3) is 0 Å². The highest BCUT2D eigenvalue weighted by Crippen LogP contribution is 2.27. The van der Waals surface area contributed by atoms with Gasteiger partial charge in [0.1, 0.15) is 11.6 Å². The fourth-order valence-corrected chi connectivity index (χ4v) is 3.40. The minimum absolute atomic E-state index is 0.125. The number of nitrogens with one attached hydrogen (secondary N) is 1. The number of ether oxygens (including phenoxy) is 2. The van der Waals surface area contributed by atoms with Crippen LogP contribution < -0.4 is 10.1 Å². The standard InChI is InChI=1S/C21H19FN2O5/c22-13-3-6-15(7-4-13)29-12-19(25)23-14-5-8-17-18(10-14)21(27)24(20(17)26)11-16-2-1-9-28-16/h3-8,10,16H,1-2,9,11-12H2,(H,23,25). The minimum atomic E-state index is -0.442. The highest BCUT2D eigenvalue weighted by atomic mass is 19.1. The summed E-state index contributed by atoms with van der Waals surface area (Å²) in [6, 6.07) is 9.89. The Morgan fingerprint density at radius 1 is 1.14 bits per heavy atom. The quantitative estimate of drug-likeness (QED) is 0.756. The fourth-order valence-electron chi connectivity index (χ4n) is 3.40. The van der Waals surface area contributed by atoms with Gasteiger partial charge in [0.15, 0.2) is 6.61 Å². The summed E-state index contributed by atoms with van der Waals surface area (Å²) in [6.45, 7) is 0.601. The van der Waals surface area contributed by atoms with E-state index in [1.165, 1.54) is 41.3 Å². The Kier molecular flexibility index (Phi) is 5.26. The van der Waals surface area contributed by atoms with Crippen LogP contribution >= 0.6 is 0 Å². The molecule has 2 aromatic rings. The Balaban J connectivity index is 1.39. The smallest absolute Gasteiger partial charge is 0.262 e. The van der Waals surface area contributed by atoms with Gasteiger partial charge in [-0.15, -0.1) is 0 Å². The van der Waals surface area contributed by atoms with Crippen molar-refractivity contribution in [3.8, 4) is 5.75 Å². The minimum Gasteiger partial charge on any atom is -0.484 e. The Labute approximate surface area is 166 Å². The zero-order chi connectivity index (χ0) is 20.4. The van der Waals surface area contributed by atoms with Crippen molar-refractivity contribution in [2.75, 3.05) is 25.1 Å². The average Bonchev–Trinajstić information content (AvgIpc) is 3.31. The molecule has 0 bridgehead atoms. The molecule has 0 aliphatic carbocycles. The molecule has 2 heterocycles. The molecule has 2 aromatic carbocycles. The molecule has 29 heavy (non-hydrogen) atoms. The van der Waals surface area contributed by atoms with Gasteiger partial charge in [0, 0.05) is 12.3 Å². The highest BCUT2D eigenvalue weighted by molar-refractivity contribution is 6.21. The van der Waals surface area contributed by atoms with E-state index in [-0.39, 0.29) is 36.6 Å². The maximum Gasteiger partial charge on any atom is 0.262 e. The van der Waals surface area contributed by atoms with Gasteiger partial charge in [-0.3, -0.25) is 19.3 Å². The van der Waals surface area contributed by atoms with Crippen LogP contribution in [0, 0.1) is 5.82 Å². The molecule has 2 aliphatic heterocycles. The van der Waals surface area contributed by atoms with Gasteiger partial charge in [0.05, 0.1) is 23.8 Å². The summed E-state index contributed by atoms with van der Waals surface area (Å²) < 4.78 is 23.7. The van der Waals surface area contributed by atoms with E-state index < -0.39 is 11.7 Å².